The topological polar surface area (TPSA) is 61.4 Å². The van der Waals surface area contributed by atoms with Gasteiger partial charge in [0.2, 0.25) is 0 Å². The minimum atomic E-state index is 0.0635. The number of amides is 1. The molecule has 7 heteroatoms. The fraction of sp³-hybridized carbons (Fsp3) is 0.476. The maximum absolute atomic E-state index is 12.9. The third-order valence-corrected chi connectivity index (χ3v) is 6.03. The van der Waals surface area contributed by atoms with E-state index < -0.39 is 0 Å². The van der Waals surface area contributed by atoms with Crippen molar-refractivity contribution < 1.29 is 4.79 Å². The van der Waals surface area contributed by atoms with Crippen LogP contribution in [0, 0.1) is 0 Å². The van der Waals surface area contributed by atoms with Crippen molar-refractivity contribution >= 4 is 28.9 Å². The van der Waals surface area contributed by atoms with Crippen LogP contribution in [0.4, 0.5) is 11.4 Å². The molecule has 2 aromatic rings. The van der Waals surface area contributed by atoms with Gasteiger partial charge in [-0.2, -0.15) is 0 Å². The lowest BCUT2D eigenvalue weighted by molar-refractivity contribution is 0.0590. The van der Waals surface area contributed by atoms with Crippen molar-refractivity contribution in [2.75, 3.05) is 31.5 Å². The molecule has 0 saturated carbocycles. The molecule has 0 radical (unpaired) electrons. The molecule has 2 aliphatic heterocycles. The SMILES string of the molecule is O=C(c1ccc(Nc2cncnc2)c(Cl)c1)N1CCC(N2CCCCC2)CC1. The van der Waals surface area contributed by atoms with Crippen LogP contribution in [0.25, 0.3) is 0 Å². The van der Waals surface area contributed by atoms with E-state index in [9.17, 15) is 4.79 Å². The molecule has 2 fully saturated rings. The summed E-state index contributed by atoms with van der Waals surface area (Å²) in [5.41, 5.74) is 2.12. The summed E-state index contributed by atoms with van der Waals surface area (Å²) < 4.78 is 0. The van der Waals surface area contributed by atoms with Crippen LogP contribution in [0.5, 0.6) is 0 Å². The lowest BCUT2D eigenvalue weighted by Crippen LogP contribution is -2.48. The molecule has 3 heterocycles. The standard InChI is InChI=1S/C21H26ClN5O/c22-19-12-16(4-5-20(19)25-17-13-23-15-24-14-17)21(28)27-10-6-18(7-11-27)26-8-2-1-3-9-26/h4-5,12-15,18,25H,1-3,6-11H2. The van der Waals surface area contributed by atoms with Gasteiger partial charge in [0.05, 0.1) is 28.8 Å². The van der Waals surface area contributed by atoms with Gasteiger partial charge in [-0.05, 0) is 57.0 Å². The molecular weight excluding hydrogens is 374 g/mol. The smallest absolute Gasteiger partial charge is 0.253 e. The highest BCUT2D eigenvalue weighted by Crippen LogP contribution is 2.27. The molecule has 1 N–H and O–H groups in total. The van der Waals surface area contributed by atoms with Crippen LogP contribution in [0.2, 0.25) is 5.02 Å². The second-order valence-corrected chi connectivity index (χ2v) is 7.97. The third-order valence-electron chi connectivity index (χ3n) is 5.71. The highest BCUT2D eigenvalue weighted by Gasteiger charge is 2.28. The number of aromatic nitrogens is 2. The highest BCUT2D eigenvalue weighted by molar-refractivity contribution is 6.33. The predicted molar refractivity (Wildman–Crippen MR) is 111 cm³/mol. The van der Waals surface area contributed by atoms with Gasteiger partial charge in [-0.25, -0.2) is 9.97 Å². The highest BCUT2D eigenvalue weighted by atomic mass is 35.5. The Balaban J connectivity index is 1.36. The molecule has 2 saturated heterocycles. The summed E-state index contributed by atoms with van der Waals surface area (Å²) in [6.07, 6.45) is 10.9. The van der Waals surface area contributed by atoms with Gasteiger partial charge in [-0.15, -0.1) is 0 Å². The van der Waals surface area contributed by atoms with Crippen LogP contribution in [-0.4, -0.2) is 57.9 Å². The van der Waals surface area contributed by atoms with Crippen molar-refractivity contribution in [3.63, 3.8) is 0 Å². The molecule has 0 bridgehead atoms. The number of halogens is 1. The molecule has 0 aliphatic carbocycles. The van der Waals surface area contributed by atoms with Gasteiger partial charge in [0.1, 0.15) is 6.33 Å². The zero-order valence-corrected chi connectivity index (χ0v) is 16.7. The number of nitrogens with one attached hydrogen (secondary N) is 1. The molecule has 4 rings (SSSR count). The van der Waals surface area contributed by atoms with E-state index in [2.05, 4.69) is 20.2 Å². The number of carbonyl (C=O) groups is 1. The van der Waals surface area contributed by atoms with Gasteiger partial charge >= 0.3 is 0 Å². The maximum Gasteiger partial charge on any atom is 0.253 e. The third kappa shape index (κ3) is 4.45. The number of hydrogen-bond acceptors (Lipinski definition) is 5. The Morgan fingerprint density at radius 2 is 1.75 bits per heavy atom. The van der Waals surface area contributed by atoms with E-state index in [1.54, 1.807) is 18.5 Å². The molecule has 0 spiro atoms. The molecule has 0 unspecified atom stereocenters. The first-order chi connectivity index (χ1) is 13.7. The largest absolute Gasteiger partial charge is 0.352 e. The van der Waals surface area contributed by atoms with Gasteiger partial charge in [0.25, 0.3) is 5.91 Å². The summed E-state index contributed by atoms with van der Waals surface area (Å²) in [6.45, 7) is 4.07. The first-order valence-electron chi connectivity index (χ1n) is 10.1. The number of piperidine rings is 2. The van der Waals surface area contributed by atoms with Crippen molar-refractivity contribution in [3.05, 3.63) is 47.5 Å². The van der Waals surface area contributed by atoms with Crippen LogP contribution in [-0.2, 0) is 0 Å². The molecule has 2 aliphatic rings. The summed E-state index contributed by atoms with van der Waals surface area (Å²) >= 11 is 6.41. The van der Waals surface area contributed by atoms with Crippen LogP contribution < -0.4 is 5.32 Å². The number of nitrogens with zero attached hydrogens (tertiary/aromatic N) is 4. The van der Waals surface area contributed by atoms with E-state index in [-0.39, 0.29) is 5.91 Å². The first kappa shape index (κ1) is 19.2. The van der Waals surface area contributed by atoms with E-state index in [1.807, 2.05) is 17.0 Å². The zero-order valence-electron chi connectivity index (χ0n) is 16.0. The molecule has 1 amide bonds. The van der Waals surface area contributed by atoms with Crippen LogP contribution >= 0.6 is 11.6 Å². The Morgan fingerprint density at radius 3 is 2.43 bits per heavy atom. The van der Waals surface area contributed by atoms with Crippen LogP contribution in [0.15, 0.2) is 36.9 Å². The fourth-order valence-electron chi connectivity index (χ4n) is 4.17. The zero-order chi connectivity index (χ0) is 19.3. The minimum absolute atomic E-state index is 0.0635. The van der Waals surface area contributed by atoms with E-state index >= 15 is 0 Å². The molecule has 1 aromatic heterocycles. The number of benzene rings is 1. The molecular formula is C21H26ClN5O. The van der Waals surface area contributed by atoms with Crippen molar-refractivity contribution in [2.45, 2.75) is 38.1 Å². The van der Waals surface area contributed by atoms with Crippen molar-refractivity contribution in [2.24, 2.45) is 0 Å². The summed E-state index contributed by atoms with van der Waals surface area (Å²) in [7, 11) is 0. The molecule has 28 heavy (non-hydrogen) atoms. The van der Waals surface area contributed by atoms with Crippen molar-refractivity contribution in [1.82, 2.24) is 19.8 Å². The Bertz CT molecular complexity index is 802. The second-order valence-electron chi connectivity index (χ2n) is 7.57. The Hall–Kier alpha value is -2.18. The van der Waals surface area contributed by atoms with Crippen molar-refractivity contribution in [3.8, 4) is 0 Å². The van der Waals surface area contributed by atoms with E-state index in [0.29, 0.717) is 16.6 Å². The molecule has 148 valence electrons. The summed E-state index contributed by atoms with van der Waals surface area (Å²) in [5, 5.41) is 3.68. The van der Waals surface area contributed by atoms with E-state index in [4.69, 9.17) is 11.6 Å². The van der Waals surface area contributed by atoms with Gasteiger partial charge in [-0.3, -0.25) is 4.79 Å². The molecule has 0 atom stereocenters. The number of rotatable bonds is 4. The first-order valence-corrected chi connectivity index (χ1v) is 10.4. The number of hydrogen-bond donors (Lipinski definition) is 1. The van der Waals surface area contributed by atoms with Gasteiger partial charge in [-0.1, -0.05) is 18.0 Å². The Kier molecular flexibility index (Phi) is 6.07. The molecule has 6 nitrogen and oxygen atoms in total. The Morgan fingerprint density at radius 1 is 1.04 bits per heavy atom. The van der Waals surface area contributed by atoms with Crippen LogP contribution in [0.1, 0.15) is 42.5 Å². The number of likely N-dealkylation sites (tertiary alicyclic amines) is 2. The summed E-state index contributed by atoms with van der Waals surface area (Å²) in [6, 6.07) is 6.04. The number of anilines is 2. The summed E-state index contributed by atoms with van der Waals surface area (Å²) in [4.78, 5) is 25.5. The average molecular weight is 400 g/mol. The average Bonchev–Trinajstić information content (AvgIpc) is 2.76. The fourth-order valence-corrected chi connectivity index (χ4v) is 4.40. The Labute approximate surface area is 170 Å². The monoisotopic (exact) mass is 399 g/mol. The lowest BCUT2D eigenvalue weighted by Gasteiger charge is -2.40. The van der Waals surface area contributed by atoms with Crippen molar-refractivity contribution in [1.29, 1.82) is 0 Å². The van der Waals surface area contributed by atoms with E-state index in [1.165, 1.54) is 38.7 Å². The summed E-state index contributed by atoms with van der Waals surface area (Å²) in [5.74, 6) is 0.0635. The van der Waals surface area contributed by atoms with E-state index in [0.717, 1.165) is 37.3 Å². The second kappa shape index (κ2) is 8.88. The quantitative estimate of drug-likeness (QED) is 0.843. The number of carbonyl (C=O) groups excluding carboxylic acids is 1. The minimum Gasteiger partial charge on any atom is -0.352 e. The maximum atomic E-state index is 12.9. The van der Waals surface area contributed by atoms with Gasteiger partial charge in [0, 0.05) is 24.7 Å². The van der Waals surface area contributed by atoms with Gasteiger partial charge in [0.15, 0.2) is 0 Å². The predicted octanol–water partition coefficient (Wildman–Crippen LogP) is 3.96. The lowest BCUT2D eigenvalue weighted by atomic mass is 9.99. The normalized spacial score (nSPS) is 18.8. The molecule has 1 aromatic carbocycles. The van der Waals surface area contributed by atoms with Crippen LogP contribution in [0.3, 0.4) is 0 Å². The van der Waals surface area contributed by atoms with Gasteiger partial charge < -0.3 is 15.1 Å².